The third-order valence-electron chi connectivity index (χ3n) is 3.51. The van der Waals surface area contributed by atoms with Crippen molar-refractivity contribution in [2.24, 2.45) is 0 Å². The zero-order valence-corrected chi connectivity index (χ0v) is 11.2. The van der Waals surface area contributed by atoms with Gasteiger partial charge in [-0.2, -0.15) is 0 Å². The second-order valence-electron chi connectivity index (χ2n) is 4.92. The summed E-state index contributed by atoms with van der Waals surface area (Å²) in [7, 11) is 1.27. The van der Waals surface area contributed by atoms with Gasteiger partial charge < -0.3 is 9.84 Å². The fourth-order valence-electron chi connectivity index (χ4n) is 2.33. The predicted molar refractivity (Wildman–Crippen MR) is 74.7 cm³/mol. The van der Waals surface area contributed by atoms with E-state index < -0.39 is 5.97 Å². The monoisotopic (exact) mass is 269 g/mol. The molecule has 1 aromatic carbocycles. The molecule has 1 N–H and O–H groups in total. The molecule has 1 saturated carbocycles. The summed E-state index contributed by atoms with van der Waals surface area (Å²) >= 11 is 0. The molecule has 4 nitrogen and oxygen atoms in total. The molecule has 0 spiro atoms. The number of benzene rings is 1. The van der Waals surface area contributed by atoms with Gasteiger partial charge in [-0.1, -0.05) is 24.3 Å². The largest absolute Gasteiger partial charge is 0.505 e. The molecule has 102 valence electrons. The number of pyridine rings is 1. The van der Waals surface area contributed by atoms with E-state index in [0.717, 1.165) is 5.56 Å². The first-order chi connectivity index (χ1) is 9.70. The Morgan fingerprint density at radius 2 is 2.00 bits per heavy atom. The fraction of sp³-hybridized carbons (Fsp3) is 0.250. The number of carbonyl (C=O) groups excluding carboxylic acids is 1. The molecule has 0 atom stereocenters. The van der Waals surface area contributed by atoms with E-state index in [4.69, 9.17) is 0 Å². The molecule has 1 aromatic heterocycles. The van der Waals surface area contributed by atoms with Gasteiger partial charge in [-0.25, -0.2) is 9.78 Å². The molecule has 2 aromatic rings. The average molecular weight is 269 g/mol. The highest BCUT2D eigenvalue weighted by atomic mass is 16.5. The van der Waals surface area contributed by atoms with E-state index >= 15 is 0 Å². The minimum Gasteiger partial charge on any atom is -0.505 e. The summed E-state index contributed by atoms with van der Waals surface area (Å²) in [6.45, 7) is 0. The van der Waals surface area contributed by atoms with Gasteiger partial charge in [0.05, 0.1) is 12.8 Å². The van der Waals surface area contributed by atoms with Gasteiger partial charge in [0, 0.05) is 5.56 Å². The highest BCUT2D eigenvalue weighted by Gasteiger charge is 2.26. The van der Waals surface area contributed by atoms with Crippen LogP contribution in [0.4, 0.5) is 0 Å². The Bertz CT molecular complexity index is 663. The van der Waals surface area contributed by atoms with Gasteiger partial charge in [0.1, 0.15) is 5.75 Å². The van der Waals surface area contributed by atoms with Crippen LogP contribution in [-0.2, 0) is 4.74 Å². The Kier molecular flexibility index (Phi) is 3.14. The van der Waals surface area contributed by atoms with Crippen molar-refractivity contribution in [3.8, 4) is 17.0 Å². The van der Waals surface area contributed by atoms with Crippen LogP contribution in [0.25, 0.3) is 11.3 Å². The number of methoxy groups -OCH3 is 1. The van der Waals surface area contributed by atoms with Crippen molar-refractivity contribution in [1.82, 2.24) is 4.98 Å². The maximum absolute atomic E-state index is 11.6. The highest BCUT2D eigenvalue weighted by molar-refractivity contribution is 5.91. The lowest BCUT2D eigenvalue weighted by Crippen LogP contribution is -2.05. The van der Waals surface area contributed by atoms with E-state index in [9.17, 15) is 9.90 Å². The number of nitrogens with zero attached hydrogens (tertiary/aromatic N) is 1. The summed E-state index contributed by atoms with van der Waals surface area (Å²) in [6.07, 6.45) is 2.39. The van der Waals surface area contributed by atoms with Gasteiger partial charge in [-0.05, 0) is 36.5 Å². The van der Waals surface area contributed by atoms with E-state index in [2.05, 4.69) is 15.8 Å². The van der Waals surface area contributed by atoms with Gasteiger partial charge >= 0.3 is 5.97 Å². The number of hydrogen-bond acceptors (Lipinski definition) is 4. The van der Waals surface area contributed by atoms with Crippen LogP contribution in [0.15, 0.2) is 36.4 Å². The molecule has 1 aliphatic rings. The third kappa shape index (κ3) is 2.25. The lowest BCUT2D eigenvalue weighted by molar-refractivity contribution is 0.0590. The number of hydrogen-bond donors (Lipinski definition) is 1. The maximum Gasteiger partial charge on any atom is 0.360 e. The van der Waals surface area contributed by atoms with Gasteiger partial charge in [0.15, 0.2) is 5.69 Å². The number of rotatable bonds is 3. The Morgan fingerprint density at radius 1 is 1.25 bits per heavy atom. The molecule has 3 rings (SSSR count). The zero-order valence-electron chi connectivity index (χ0n) is 11.2. The van der Waals surface area contributed by atoms with Crippen LogP contribution >= 0.6 is 0 Å². The molecule has 0 amide bonds. The van der Waals surface area contributed by atoms with E-state index in [1.165, 1.54) is 31.6 Å². The van der Waals surface area contributed by atoms with Crippen LogP contribution in [0.1, 0.15) is 34.8 Å². The first-order valence-corrected chi connectivity index (χ1v) is 6.58. The smallest absolute Gasteiger partial charge is 0.360 e. The molecule has 0 bridgehead atoms. The Balaban J connectivity index is 2.09. The Labute approximate surface area is 117 Å². The van der Waals surface area contributed by atoms with Gasteiger partial charge in [0.25, 0.3) is 0 Å². The molecule has 0 saturated heterocycles. The molecule has 1 heterocycles. The van der Waals surface area contributed by atoms with E-state index in [0.29, 0.717) is 11.6 Å². The summed E-state index contributed by atoms with van der Waals surface area (Å²) < 4.78 is 4.64. The molecular weight excluding hydrogens is 254 g/mol. The number of aromatic nitrogens is 1. The van der Waals surface area contributed by atoms with Crippen molar-refractivity contribution >= 4 is 5.97 Å². The normalized spacial score (nSPS) is 14.1. The third-order valence-corrected chi connectivity index (χ3v) is 3.51. The average Bonchev–Trinajstić information content (AvgIpc) is 3.32. The standard InChI is InChI=1S/C16H15NO3/c1-20-16(19)15-14(18)9-8-13(17-15)12-5-3-2-4-11(12)10-6-7-10/h2-5,8-10,18H,6-7H2,1H3. The van der Waals surface area contributed by atoms with Crippen LogP contribution in [0.5, 0.6) is 5.75 Å². The topological polar surface area (TPSA) is 59.4 Å². The first kappa shape index (κ1) is 12.7. The lowest BCUT2D eigenvalue weighted by Gasteiger charge is -2.10. The van der Waals surface area contributed by atoms with Gasteiger partial charge in [-0.3, -0.25) is 0 Å². The van der Waals surface area contributed by atoms with Crippen LogP contribution in [0.2, 0.25) is 0 Å². The van der Waals surface area contributed by atoms with Gasteiger partial charge in [0.2, 0.25) is 0 Å². The number of carbonyl (C=O) groups is 1. The van der Waals surface area contributed by atoms with E-state index in [1.807, 2.05) is 18.2 Å². The molecule has 0 unspecified atom stereocenters. The summed E-state index contributed by atoms with van der Waals surface area (Å²) in [6, 6.07) is 11.3. The first-order valence-electron chi connectivity index (χ1n) is 6.58. The summed E-state index contributed by atoms with van der Waals surface area (Å²) in [4.78, 5) is 15.9. The Hall–Kier alpha value is -2.36. The highest BCUT2D eigenvalue weighted by Crippen LogP contribution is 2.44. The van der Waals surface area contributed by atoms with E-state index in [-0.39, 0.29) is 11.4 Å². The second-order valence-corrected chi connectivity index (χ2v) is 4.92. The van der Waals surface area contributed by atoms with Crippen molar-refractivity contribution in [3.05, 3.63) is 47.7 Å². The molecular formula is C16H15NO3. The second kappa shape index (κ2) is 4.96. The summed E-state index contributed by atoms with van der Waals surface area (Å²) in [5, 5.41) is 9.71. The minimum atomic E-state index is -0.631. The molecule has 1 fully saturated rings. The molecule has 20 heavy (non-hydrogen) atoms. The minimum absolute atomic E-state index is 0.0457. The van der Waals surface area contributed by atoms with Crippen molar-refractivity contribution in [3.63, 3.8) is 0 Å². The van der Waals surface area contributed by atoms with Crippen LogP contribution in [0.3, 0.4) is 0 Å². The van der Waals surface area contributed by atoms with Crippen molar-refractivity contribution in [1.29, 1.82) is 0 Å². The predicted octanol–water partition coefficient (Wildman–Crippen LogP) is 3.12. The molecule has 0 radical (unpaired) electrons. The van der Waals surface area contributed by atoms with E-state index in [1.54, 1.807) is 6.07 Å². The van der Waals surface area contributed by atoms with Crippen LogP contribution in [0, 0.1) is 0 Å². The van der Waals surface area contributed by atoms with Crippen LogP contribution in [-0.4, -0.2) is 23.2 Å². The quantitative estimate of drug-likeness (QED) is 0.870. The van der Waals surface area contributed by atoms with Crippen molar-refractivity contribution < 1.29 is 14.6 Å². The molecule has 1 aliphatic carbocycles. The Morgan fingerprint density at radius 3 is 2.70 bits per heavy atom. The lowest BCUT2D eigenvalue weighted by atomic mass is 10.00. The zero-order chi connectivity index (χ0) is 14.1. The number of ether oxygens (including phenoxy) is 1. The molecule has 0 aliphatic heterocycles. The fourth-order valence-corrected chi connectivity index (χ4v) is 2.33. The van der Waals surface area contributed by atoms with Crippen LogP contribution < -0.4 is 0 Å². The SMILES string of the molecule is COC(=O)c1nc(-c2ccccc2C2CC2)ccc1O. The van der Waals surface area contributed by atoms with Crippen molar-refractivity contribution in [2.45, 2.75) is 18.8 Å². The number of esters is 1. The van der Waals surface area contributed by atoms with Gasteiger partial charge in [-0.15, -0.1) is 0 Å². The summed E-state index contributed by atoms with van der Waals surface area (Å²) in [5.74, 6) is -0.207. The molecule has 4 heteroatoms. The number of aromatic hydroxyl groups is 1. The van der Waals surface area contributed by atoms with Crippen molar-refractivity contribution in [2.75, 3.05) is 7.11 Å². The maximum atomic E-state index is 11.6. The summed E-state index contributed by atoms with van der Waals surface area (Å²) in [5.41, 5.74) is 2.91.